The van der Waals surface area contributed by atoms with Gasteiger partial charge in [0.1, 0.15) is 18.1 Å². The molecule has 3 rings (SSSR count). The molecule has 2 N–H and O–H groups in total. The number of ether oxygens (including phenoxy) is 1. The Morgan fingerprint density at radius 3 is 2.56 bits per heavy atom. The van der Waals surface area contributed by atoms with Gasteiger partial charge < -0.3 is 9.84 Å². The lowest BCUT2D eigenvalue weighted by Gasteiger charge is -2.06. The number of benzene rings is 3. The first-order valence-corrected chi connectivity index (χ1v) is 8.58. The third-order valence-corrected chi connectivity index (χ3v) is 3.95. The molecule has 0 spiro atoms. The molecule has 5 nitrogen and oxygen atoms in total. The van der Waals surface area contributed by atoms with E-state index in [1.165, 1.54) is 24.4 Å². The Bertz CT molecular complexity index is 941. The lowest BCUT2D eigenvalue weighted by Crippen LogP contribution is -2.17. The van der Waals surface area contributed by atoms with Crippen LogP contribution >= 0.6 is 11.6 Å². The van der Waals surface area contributed by atoms with Gasteiger partial charge in [-0.1, -0.05) is 41.9 Å². The van der Waals surface area contributed by atoms with Crippen molar-refractivity contribution in [2.75, 3.05) is 0 Å². The minimum Gasteiger partial charge on any atom is -0.507 e. The molecule has 0 radical (unpaired) electrons. The molecule has 0 atom stereocenters. The number of hydrogen-bond acceptors (Lipinski definition) is 4. The number of amides is 1. The van der Waals surface area contributed by atoms with Gasteiger partial charge in [-0.05, 0) is 53.6 Å². The molecule has 0 saturated heterocycles. The van der Waals surface area contributed by atoms with Gasteiger partial charge in [0.05, 0.1) is 11.8 Å². The van der Waals surface area contributed by atoms with E-state index in [1.54, 1.807) is 0 Å². The highest BCUT2D eigenvalue weighted by molar-refractivity contribution is 6.31. The van der Waals surface area contributed by atoms with E-state index in [4.69, 9.17) is 16.3 Å². The minimum absolute atomic E-state index is 0.0595. The molecule has 0 unspecified atom stereocenters. The Hall–Kier alpha value is -3.31. The van der Waals surface area contributed by atoms with Gasteiger partial charge in [0.25, 0.3) is 5.91 Å². The number of aromatic hydroxyl groups is 1. The molecule has 0 heterocycles. The number of nitrogens with zero attached hydrogens (tertiary/aromatic N) is 1. The summed E-state index contributed by atoms with van der Waals surface area (Å²) in [5, 5.41) is 13.9. The van der Waals surface area contributed by atoms with Gasteiger partial charge in [-0.15, -0.1) is 0 Å². The predicted octanol–water partition coefficient (Wildman–Crippen LogP) is 4.39. The Balaban J connectivity index is 1.54. The fourth-order valence-electron chi connectivity index (χ4n) is 2.31. The maximum atomic E-state index is 12.0. The van der Waals surface area contributed by atoms with Crippen molar-refractivity contribution >= 4 is 23.7 Å². The summed E-state index contributed by atoms with van der Waals surface area (Å²) >= 11 is 5.83. The topological polar surface area (TPSA) is 70.9 Å². The average molecular weight is 381 g/mol. The summed E-state index contributed by atoms with van der Waals surface area (Å²) in [5.74, 6) is 0.0324. The van der Waals surface area contributed by atoms with E-state index >= 15 is 0 Å². The first-order valence-electron chi connectivity index (χ1n) is 8.20. The van der Waals surface area contributed by atoms with Crippen LogP contribution < -0.4 is 10.2 Å². The van der Waals surface area contributed by atoms with E-state index in [1.807, 2.05) is 54.6 Å². The minimum atomic E-state index is -0.547. The summed E-state index contributed by atoms with van der Waals surface area (Å²) in [5.41, 5.74) is 4.30. The third kappa shape index (κ3) is 5.33. The summed E-state index contributed by atoms with van der Waals surface area (Å²) in [6.45, 7) is 0.494. The molecular formula is C21H17ClN2O3. The lowest BCUT2D eigenvalue weighted by atomic mass is 10.2. The van der Waals surface area contributed by atoms with Crippen LogP contribution in [0.2, 0.25) is 5.02 Å². The molecule has 0 aromatic heterocycles. The second kappa shape index (κ2) is 8.87. The van der Waals surface area contributed by atoms with Crippen molar-refractivity contribution in [2.24, 2.45) is 5.10 Å². The molecule has 3 aromatic carbocycles. The standard InChI is InChI=1S/C21H17ClN2O3/c22-17-8-11-20(25)19(12-17)21(26)24-23-13-15-6-9-18(10-7-15)27-14-16-4-2-1-3-5-16/h1-13,25H,14H2,(H,24,26)/b23-13+. The zero-order valence-corrected chi connectivity index (χ0v) is 15.1. The van der Waals surface area contributed by atoms with Crippen molar-refractivity contribution in [1.29, 1.82) is 0 Å². The van der Waals surface area contributed by atoms with Crippen molar-refractivity contribution in [3.8, 4) is 11.5 Å². The molecule has 0 saturated carbocycles. The molecule has 3 aromatic rings. The number of rotatable bonds is 6. The van der Waals surface area contributed by atoms with Crippen LogP contribution in [0.5, 0.6) is 11.5 Å². The van der Waals surface area contributed by atoms with Gasteiger partial charge >= 0.3 is 0 Å². The second-order valence-electron chi connectivity index (χ2n) is 5.70. The molecule has 0 aliphatic heterocycles. The van der Waals surface area contributed by atoms with Gasteiger partial charge in [-0.2, -0.15) is 5.10 Å². The predicted molar refractivity (Wildman–Crippen MR) is 105 cm³/mol. The zero-order valence-electron chi connectivity index (χ0n) is 14.3. The SMILES string of the molecule is O=C(N/N=C/c1ccc(OCc2ccccc2)cc1)c1cc(Cl)ccc1O. The van der Waals surface area contributed by atoms with E-state index in [0.29, 0.717) is 11.6 Å². The first-order chi connectivity index (χ1) is 13.1. The highest BCUT2D eigenvalue weighted by atomic mass is 35.5. The fraction of sp³-hybridized carbons (Fsp3) is 0.0476. The molecule has 1 amide bonds. The largest absolute Gasteiger partial charge is 0.507 e. The number of hydrazone groups is 1. The van der Waals surface area contributed by atoms with Crippen LogP contribution in [0, 0.1) is 0 Å². The quantitative estimate of drug-likeness (QED) is 0.492. The summed E-state index contributed by atoms with van der Waals surface area (Å²) in [6.07, 6.45) is 1.50. The van der Waals surface area contributed by atoms with Gasteiger partial charge in [-0.25, -0.2) is 5.43 Å². The average Bonchev–Trinajstić information content (AvgIpc) is 2.70. The third-order valence-electron chi connectivity index (χ3n) is 3.71. The molecule has 27 heavy (non-hydrogen) atoms. The lowest BCUT2D eigenvalue weighted by molar-refractivity contribution is 0.0952. The van der Waals surface area contributed by atoms with Crippen molar-refractivity contribution in [2.45, 2.75) is 6.61 Å². The van der Waals surface area contributed by atoms with E-state index in [0.717, 1.165) is 16.9 Å². The van der Waals surface area contributed by atoms with Crippen LogP contribution in [-0.2, 0) is 6.61 Å². The molecule has 0 aliphatic rings. The van der Waals surface area contributed by atoms with Crippen LogP contribution in [0.15, 0.2) is 77.9 Å². The zero-order chi connectivity index (χ0) is 19.1. The summed E-state index contributed by atoms with van der Waals surface area (Å²) in [6, 6.07) is 21.4. The molecule has 0 aliphatic carbocycles. The van der Waals surface area contributed by atoms with Crippen LogP contribution in [0.25, 0.3) is 0 Å². The molecule has 6 heteroatoms. The van der Waals surface area contributed by atoms with Crippen LogP contribution in [0.4, 0.5) is 0 Å². The van der Waals surface area contributed by atoms with Gasteiger partial charge in [0.15, 0.2) is 0 Å². The molecule has 0 fully saturated rings. The van der Waals surface area contributed by atoms with E-state index < -0.39 is 5.91 Å². The molecular weight excluding hydrogens is 364 g/mol. The maximum Gasteiger partial charge on any atom is 0.275 e. The van der Waals surface area contributed by atoms with Crippen LogP contribution in [-0.4, -0.2) is 17.2 Å². The van der Waals surface area contributed by atoms with E-state index in [-0.39, 0.29) is 11.3 Å². The van der Waals surface area contributed by atoms with Crippen molar-refractivity contribution in [3.05, 3.63) is 94.5 Å². The smallest absolute Gasteiger partial charge is 0.275 e. The van der Waals surface area contributed by atoms with Crippen LogP contribution in [0.1, 0.15) is 21.5 Å². The number of halogens is 1. The van der Waals surface area contributed by atoms with Gasteiger partial charge in [0.2, 0.25) is 0 Å². The Kier molecular flexibility index (Phi) is 6.07. The maximum absolute atomic E-state index is 12.0. The monoisotopic (exact) mass is 380 g/mol. The second-order valence-corrected chi connectivity index (χ2v) is 6.14. The Morgan fingerprint density at radius 1 is 1.07 bits per heavy atom. The number of carbonyl (C=O) groups excluding carboxylic acids is 1. The normalized spacial score (nSPS) is 10.7. The van der Waals surface area contributed by atoms with Crippen LogP contribution in [0.3, 0.4) is 0 Å². The number of nitrogens with one attached hydrogen (secondary N) is 1. The van der Waals surface area contributed by atoms with Crippen molar-refractivity contribution in [3.63, 3.8) is 0 Å². The molecule has 136 valence electrons. The van der Waals surface area contributed by atoms with E-state index in [2.05, 4.69) is 10.5 Å². The van der Waals surface area contributed by atoms with Crippen molar-refractivity contribution < 1.29 is 14.6 Å². The summed E-state index contributed by atoms with van der Waals surface area (Å²) in [7, 11) is 0. The number of phenolic OH excluding ortho intramolecular Hbond substituents is 1. The summed E-state index contributed by atoms with van der Waals surface area (Å²) in [4.78, 5) is 12.0. The summed E-state index contributed by atoms with van der Waals surface area (Å²) < 4.78 is 5.72. The Morgan fingerprint density at radius 2 is 1.81 bits per heavy atom. The number of carbonyl (C=O) groups is 1. The first kappa shape index (κ1) is 18.5. The highest BCUT2D eigenvalue weighted by Crippen LogP contribution is 2.21. The number of hydrogen-bond donors (Lipinski definition) is 2. The number of phenols is 1. The van der Waals surface area contributed by atoms with E-state index in [9.17, 15) is 9.90 Å². The highest BCUT2D eigenvalue weighted by Gasteiger charge is 2.10. The van der Waals surface area contributed by atoms with Gasteiger partial charge in [0, 0.05) is 5.02 Å². The van der Waals surface area contributed by atoms with Crippen molar-refractivity contribution in [1.82, 2.24) is 5.43 Å². The Labute approximate surface area is 161 Å². The van der Waals surface area contributed by atoms with Gasteiger partial charge in [-0.3, -0.25) is 4.79 Å². The fourth-order valence-corrected chi connectivity index (χ4v) is 2.48. The molecule has 0 bridgehead atoms.